The standard InChI is InChI=1S/C19H23N3O7S2/c1-28-21-30(24,25)17-8-4-16(5-9-17)19(23)20-14-15-2-6-18(7-3-15)31(26,27)22-10-12-29-13-11-22/h2-9,21H,10-14H2,1H3,(H,20,23). The molecule has 2 N–H and O–H groups in total. The van der Waals surface area contributed by atoms with E-state index in [4.69, 9.17) is 4.74 Å². The maximum absolute atomic E-state index is 12.6. The van der Waals surface area contributed by atoms with Crippen LogP contribution in [0.2, 0.25) is 0 Å². The molecule has 0 atom stereocenters. The molecule has 1 aliphatic heterocycles. The molecular weight excluding hydrogens is 446 g/mol. The average molecular weight is 470 g/mol. The van der Waals surface area contributed by atoms with Gasteiger partial charge in [-0.15, -0.1) is 0 Å². The normalized spacial score (nSPS) is 15.5. The lowest BCUT2D eigenvalue weighted by Crippen LogP contribution is -2.40. The number of rotatable bonds is 8. The fourth-order valence-corrected chi connectivity index (χ4v) is 5.16. The lowest BCUT2D eigenvalue weighted by atomic mass is 10.2. The SMILES string of the molecule is CONS(=O)(=O)c1ccc(C(=O)NCc2ccc(S(=O)(=O)N3CCOCC3)cc2)cc1. The lowest BCUT2D eigenvalue weighted by molar-refractivity contribution is 0.0730. The molecule has 12 heteroatoms. The Morgan fingerprint density at radius 2 is 1.55 bits per heavy atom. The monoisotopic (exact) mass is 469 g/mol. The lowest BCUT2D eigenvalue weighted by Gasteiger charge is -2.26. The van der Waals surface area contributed by atoms with Crippen molar-refractivity contribution >= 4 is 26.0 Å². The first kappa shape index (κ1) is 23.3. The quantitative estimate of drug-likeness (QED) is 0.538. The highest BCUT2D eigenvalue weighted by atomic mass is 32.2. The summed E-state index contributed by atoms with van der Waals surface area (Å²) in [7, 11) is -6.18. The van der Waals surface area contributed by atoms with Crippen LogP contribution in [-0.4, -0.2) is 60.5 Å². The average Bonchev–Trinajstić information content (AvgIpc) is 2.78. The summed E-state index contributed by atoms with van der Waals surface area (Å²) < 4.78 is 55.5. The molecule has 0 radical (unpaired) electrons. The number of carbonyl (C=O) groups excluding carboxylic acids is 1. The van der Waals surface area contributed by atoms with Crippen LogP contribution >= 0.6 is 0 Å². The first-order chi connectivity index (χ1) is 14.7. The van der Waals surface area contributed by atoms with Gasteiger partial charge in [0.25, 0.3) is 15.9 Å². The number of benzene rings is 2. The van der Waals surface area contributed by atoms with Crippen LogP contribution in [0.25, 0.3) is 0 Å². The number of morpholine rings is 1. The van der Waals surface area contributed by atoms with E-state index in [0.717, 1.165) is 5.56 Å². The van der Waals surface area contributed by atoms with Gasteiger partial charge in [-0.1, -0.05) is 17.0 Å². The van der Waals surface area contributed by atoms with Gasteiger partial charge in [-0.25, -0.2) is 16.8 Å². The van der Waals surface area contributed by atoms with E-state index in [-0.39, 0.29) is 21.9 Å². The summed E-state index contributed by atoms with van der Waals surface area (Å²) in [5.74, 6) is -0.395. The Morgan fingerprint density at radius 1 is 0.968 bits per heavy atom. The minimum atomic E-state index is -3.80. The van der Waals surface area contributed by atoms with Gasteiger partial charge in [-0.3, -0.25) is 9.63 Å². The second-order valence-electron chi connectivity index (χ2n) is 6.66. The second-order valence-corrected chi connectivity index (χ2v) is 10.2. The van der Waals surface area contributed by atoms with Crippen LogP contribution in [0.4, 0.5) is 0 Å². The highest BCUT2D eigenvalue weighted by Crippen LogP contribution is 2.18. The van der Waals surface area contributed by atoms with Gasteiger partial charge in [-0.2, -0.15) is 4.31 Å². The highest BCUT2D eigenvalue weighted by molar-refractivity contribution is 7.89. The zero-order valence-corrected chi connectivity index (χ0v) is 18.4. The largest absolute Gasteiger partial charge is 0.379 e. The number of nitrogens with zero attached hydrogens (tertiary/aromatic N) is 1. The van der Waals surface area contributed by atoms with Gasteiger partial charge in [0.05, 0.1) is 30.1 Å². The predicted molar refractivity (Wildman–Crippen MR) is 111 cm³/mol. The van der Waals surface area contributed by atoms with Crippen molar-refractivity contribution in [2.45, 2.75) is 16.3 Å². The maximum Gasteiger partial charge on any atom is 0.262 e. The maximum atomic E-state index is 12.6. The van der Waals surface area contributed by atoms with E-state index in [1.54, 1.807) is 12.1 Å². The number of hydrogen-bond donors (Lipinski definition) is 2. The molecule has 1 saturated heterocycles. The van der Waals surface area contributed by atoms with Crippen LogP contribution in [0.1, 0.15) is 15.9 Å². The number of amides is 1. The van der Waals surface area contributed by atoms with Gasteiger partial charge >= 0.3 is 0 Å². The van der Waals surface area contributed by atoms with Gasteiger partial charge in [0.1, 0.15) is 0 Å². The Morgan fingerprint density at radius 3 is 2.13 bits per heavy atom. The molecule has 0 aromatic heterocycles. The summed E-state index contributed by atoms with van der Waals surface area (Å²) >= 11 is 0. The molecule has 1 fully saturated rings. The third-order valence-electron chi connectivity index (χ3n) is 4.60. The Hall–Kier alpha value is -2.35. The summed E-state index contributed by atoms with van der Waals surface area (Å²) in [5.41, 5.74) is 1.00. The molecule has 168 valence electrons. The molecule has 1 aliphatic rings. The number of ether oxygens (including phenoxy) is 1. The molecule has 1 heterocycles. The van der Waals surface area contributed by atoms with Crippen molar-refractivity contribution in [3.05, 3.63) is 59.7 Å². The highest BCUT2D eigenvalue weighted by Gasteiger charge is 2.26. The van der Waals surface area contributed by atoms with Gasteiger partial charge in [0.15, 0.2) is 0 Å². The van der Waals surface area contributed by atoms with Crippen LogP contribution < -0.4 is 10.2 Å². The Bertz CT molecular complexity index is 1110. The van der Waals surface area contributed by atoms with E-state index in [1.807, 2.05) is 4.89 Å². The summed E-state index contributed by atoms with van der Waals surface area (Å²) in [6.07, 6.45) is 0. The smallest absolute Gasteiger partial charge is 0.262 e. The van der Waals surface area contributed by atoms with Gasteiger partial charge < -0.3 is 10.1 Å². The fourth-order valence-electron chi connectivity index (χ4n) is 2.94. The van der Waals surface area contributed by atoms with Gasteiger partial charge in [-0.05, 0) is 42.0 Å². The Balaban J connectivity index is 1.60. The minimum absolute atomic E-state index is 0.0389. The number of sulfonamides is 2. The number of nitrogens with one attached hydrogen (secondary N) is 2. The molecule has 31 heavy (non-hydrogen) atoms. The summed E-state index contributed by atoms with van der Waals surface area (Å²) in [6.45, 7) is 1.57. The van der Waals surface area contributed by atoms with Crippen molar-refractivity contribution in [2.24, 2.45) is 0 Å². The molecular formula is C19H23N3O7S2. The first-order valence-electron chi connectivity index (χ1n) is 9.34. The van der Waals surface area contributed by atoms with Crippen molar-refractivity contribution < 1.29 is 31.2 Å². The van der Waals surface area contributed by atoms with Crippen molar-refractivity contribution in [1.29, 1.82) is 0 Å². The van der Waals surface area contributed by atoms with E-state index in [1.165, 1.54) is 47.8 Å². The van der Waals surface area contributed by atoms with Gasteiger partial charge in [0.2, 0.25) is 10.0 Å². The van der Waals surface area contributed by atoms with Crippen LogP contribution in [0.3, 0.4) is 0 Å². The van der Waals surface area contributed by atoms with Crippen molar-refractivity contribution in [3.63, 3.8) is 0 Å². The molecule has 3 rings (SSSR count). The van der Waals surface area contributed by atoms with Crippen LogP contribution in [0.5, 0.6) is 0 Å². The van der Waals surface area contributed by atoms with Crippen molar-refractivity contribution in [2.75, 3.05) is 33.4 Å². The molecule has 1 amide bonds. The fraction of sp³-hybridized carbons (Fsp3) is 0.316. The first-order valence-corrected chi connectivity index (χ1v) is 12.3. The van der Waals surface area contributed by atoms with E-state index in [2.05, 4.69) is 10.2 Å². The molecule has 2 aromatic carbocycles. The Kier molecular flexibility index (Phi) is 7.41. The molecule has 0 aliphatic carbocycles. The zero-order valence-electron chi connectivity index (χ0n) is 16.8. The van der Waals surface area contributed by atoms with Crippen LogP contribution in [-0.2, 0) is 36.2 Å². The minimum Gasteiger partial charge on any atom is -0.379 e. The van der Waals surface area contributed by atoms with Gasteiger partial charge in [0, 0.05) is 25.2 Å². The summed E-state index contributed by atoms with van der Waals surface area (Å²) in [4.78, 5) is 18.8. The van der Waals surface area contributed by atoms with Crippen LogP contribution in [0.15, 0.2) is 58.3 Å². The molecule has 10 nitrogen and oxygen atoms in total. The molecule has 0 spiro atoms. The van der Waals surface area contributed by atoms with Crippen molar-refractivity contribution in [1.82, 2.24) is 14.5 Å². The van der Waals surface area contributed by atoms with Crippen LogP contribution in [0, 0.1) is 0 Å². The zero-order chi connectivity index (χ0) is 22.5. The summed E-state index contributed by atoms with van der Waals surface area (Å²) in [5, 5.41) is 2.72. The summed E-state index contributed by atoms with van der Waals surface area (Å²) in [6, 6.07) is 11.7. The predicted octanol–water partition coefficient (Wildman–Crippen LogP) is 0.477. The van der Waals surface area contributed by atoms with Crippen molar-refractivity contribution in [3.8, 4) is 0 Å². The number of hydrogen-bond acceptors (Lipinski definition) is 7. The second kappa shape index (κ2) is 9.85. The topological polar surface area (TPSA) is 131 Å². The molecule has 0 bridgehead atoms. The van der Waals surface area contributed by atoms with E-state index >= 15 is 0 Å². The third-order valence-corrected chi connectivity index (χ3v) is 7.80. The number of carbonyl (C=O) groups is 1. The third kappa shape index (κ3) is 5.67. The molecule has 0 unspecified atom stereocenters. The molecule has 2 aromatic rings. The van der Waals surface area contributed by atoms with E-state index < -0.39 is 26.0 Å². The molecule has 0 saturated carbocycles. The van der Waals surface area contributed by atoms with E-state index in [9.17, 15) is 21.6 Å². The Labute approximate surface area is 181 Å². The van der Waals surface area contributed by atoms with E-state index in [0.29, 0.717) is 26.3 Å².